The van der Waals surface area contributed by atoms with Crippen LogP contribution >= 0.6 is 11.3 Å². The Balaban J connectivity index is 1.93. The first-order chi connectivity index (χ1) is 6.07. The van der Waals surface area contributed by atoms with Crippen LogP contribution < -0.4 is 4.90 Å². The van der Waals surface area contributed by atoms with E-state index in [9.17, 15) is 13.2 Å². The number of hydrogen-bond acceptors (Lipinski definition) is 3. The third kappa shape index (κ3) is 1.63. The fourth-order valence-corrected chi connectivity index (χ4v) is 1.88. The van der Waals surface area contributed by atoms with E-state index in [0.717, 1.165) is 0 Å². The predicted molar refractivity (Wildman–Crippen MR) is 43.9 cm³/mol. The minimum absolute atomic E-state index is 0.0526. The molecule has 0 spiro atoms. The summed E-state index contributed by atoms with van der Waals surface area (Å²) in [5.41, 5.74) is 0. The molecule has 0 saturated carbocycles. The summed E-state index contributed by atoms with van der Waals surface area (Å²) in [4.78, 5) is 5.57. The summed E-state index contributed by atoms with van der Waals surface area (Å²) in [7, 11) is 0. The smallest absolute Gasteiger partial charge is 0.347 e. The number of aromatic nitrogens is 1. The van der Waals surface area contributed by atoms with Crippen molar-refractivity contribution in [3.8, 4) is 0 Å². The van der Waals surface area contributed by atoms with Crippen molar-refractivity contribution in [2.75, 3.05) is 18.0 Å². The van der Waals surface area contributed by atoms with Gasteiger partial charge in [0.25, 0.3) is 0 Å². The zero-order chi connectivity index (χ0) is 9.47. The van der Waals surface area contributed by atoms with Gasteiger partial charge in [0.15, 0.2) is 5.13 Å². The van der Waals surface area contributed by atoms with Gasteiger partial charge in [0, 0.05) is 24.7 Å². The highest BCUT2D eigenvalue weighted by Gasteiger charge is 2.47. The molecule has 1 aliphatic rings. The van der Waals surface area contributed by atoms with Crippen LogP contribution in [0.3, 0.4) is 0 Å². The lowest BCUT2D eigenvalue weighted by Crippen LogP contribution is -2.53. The Hall–Kier alpha value is -0.780. The molecule has 2 heterocycles. The van der Waals surface area contributed by atoms with E-state index >= 15 is 0 Å². The summed E-state index contributed by atoms with van der Waals surface area (Å²) in [6.45, 7) is 0.105. The standard InChI is InChI=1S/C7H7F3N2S/c8-7(9,10)5-3-12(4-5)6-11-1-2-13-6/h1-2,5H,3-4H2. The minimum atomic E-state index is -4.05. The molecule has 0 N–H and O–H groups in total. The van der Waals surface area contributed by atoms with E-state index in [2.05, 4.69) is 4.98 Å². The molecule has 0 unspecified atom stereocenters. The van der Waals surface area contributed by atoms with Crippen LogP contribution in [0.2, 0.25) is 0 Å². The maximum atomic E-state index is 12.1. The van der Waals surface area contributed by atoms with Crippen LogP contribution in [0.5, 0.6) is 0 Å². The lowest BCUT2D eigenvalue weighted by molar-refractivity contribution is -0.180. The molecule has 0 atom stereocenters. The van der Waals surface area contributed by atoms with Crippen LogP contribution in [0.25, 0.3) is 0 Å². The molecule has 1 aliphatic heterocycles. The van der Waals surface area contributed by atoms with Crippen molar-refractivity contribution >= 4 is 16.5 Å². The maximum Gasteiger partial charge on any atom is 0.395 e. The first kappa shape index (κ1) is 8.80. The highest BCUT2D eigenvalue weighted by atomic mass is 32.1. The van der Waals surface area contributed by atoms with Gasteiger partial charge in [-0.15, -0.1) is 11.3 Å². The Bertz CT molecular complexity index is 276. The number of thiazole rings is 1. The second-order valence-electron chi connectivity index (χ2n) is 2.96. The zero-order valence-electron chi connectivity index (χ0n) is 6.58. The Morgan fingerprint density at radius 3 is 2.62 bits per heavy atom. The number of nitrogens with zero attached hydrogens (tertiary/aromatic N) is 2. The van der Waals surface area contributed by atoms with Crippen molar-refractivity contribution in [2.45, 2.75) is 6.18 Å². The molecule has 1 aromatic rings. The van der Waals surface area contributed by atoms with E-state index in [4.69, 9.17) is 0 Å². The van der Waals surface area contributed by atoms with Crippen molar-refractivity contribution in [1.82, 2.24) is 4.98 Å². The first-order valence-electron chi connectivity index (χ1n) is 3.78. The van der Waals surface area contributed by atoms with Crippen LogP contribution in [0, 0.1) is 5.92 Å². The summed E-state index contributed by atoms with van der Waals surface area (Å²) in [6, 6.07) is 0. The summed E-state index contributed by atoms with van der Waals surface area (Å²) in [5.74, 6) is -1.17. The van der Waals surface area contributed by atoms with E-state index in [0.29, 0.717) is 5.13 Å². The lowest BCUT2D eigenvalue weighted by Gasteiger charge is -2.39. The maximum absolute atomic E-state index is 12.1. The Morgan fingerprint density at radius 1 is 1.46 bits per heavy atom. The molecule has 1 aromatic heterocycles. The molecule has 0 aromatic carbocycles. The SMILES string of the molecule is FC(F)(F)C1CN(c2nccs2)C1. The van der Waals surface area contributed by atoms with Gasteiger partial charge in [-0.2, -0.15) is 13.2 Å². The molecular weight excluding hydrogens is 201 g/mol. The van der Waals surface area contributed by atoms with Gasteiger partial charge in [-0.1, -0.05) is 0 Å². The largest absolute Gasteiger partial charge is 0.395 e. The summed E-state index contributed by atoms with van der Waals surface area (Å²) < 4.78 is 36.2. The fraction of sp³-hybridized carbons (Fsp3) is 0.571. The number of rotatable bonds is 1. The lowest BCUT2D eigenvalue weighted by atomic mass is 10.0. The van der Waals surface area contributed by atoms with Crippen LogP contribution in [0.1, 0.15) is 0 Å². The Kier molecular flexibility index (Phi) is 1.94. The van der Waals surface area contributed by atoms with Crippen LogP contribution in [-0.2, 0) is 0 Å². The average Bonchev–Trinajstić information content (AvgIpc) is 2.31. The molecule has 1 saturated heterocycles. The number of halogens is 3. The number of anilines is 1. The third-order valence-electron chi connectivity index (χ3n) is 2.03. The van der Waals surface area contributed by atoms with Crippen LogP contribution in [-0.4, -0.2) is 24.2 Å². The molecule has 72 valence electrons. The highest BCUT2D eigenvalue weighted by molar-refractivity contribution is 7.13. The molecule has 0 bridgehead atoms. The van der Waals surface area contributed by atoms with E-state index in [-0.39, 0.29) is 13.1 Å². The zero-order valence-corrected chi connectivity index (χ0v) is 7.40. The van der Waals surface area contributed by atoms with E-state index in [1.54, 1.807) is 16.5 Å². The van der Waals surface area contributed by atoms with Crippen LogP contribution in [0.4, 0.5) is 18.3 Å². The van der Waals surface area contributed by atoms with Gasteiger partial charge in [-0.3, -0.25) is 0 Å². The molecule has 0 radical (unpaired) electrons. The van der Waals surface area contributed by atoms with Gasteiger partial charge in [-0.05, 0) is 0 Å². The summed E-state index contributed by atoms with van der Waals surface area (Å²) >= 11 is 1.37. The van der Waals surface area contributed by atoms with Crippen molar-refractivity contribution in [3.05, 3.63) is 11.6 Å². The molecule has 13 heavy (non-hydrogen) atoms. The number of alkyl halides is 3. The Labute approximate surface area is 77.0 Å². The molecular formula is C7H7F3N2S. The van der Waals surface area contributed by atoms with Crippen molar-refractivity contribution < 1.29 is 13.2 Å². The fourth-order valence-electron chi connectivity index (χ4n) is 1.21. The minimum Gasteiger partial charge on any atom is -0.347 e. The van der Waals surface area contributed by atoms with E-state index in [1.165, 1.54) is 11.3 Å². The van der Waals surface area contributed by atoms with Crippen molar-refractivity contribution in [1.29, 1.82) is 0 Å². The van der Waals surface area contributed by atoms with Gasteiger partial charge < -0.3 is 4.90 Å². The molecule has 0 aliphatic carbocycles. The first-order valence-corrected chi connectivity index (χ1v) is 4.66. The van der Waals surface area contributed by atoms with Crippen molar-refractivity contribution in [3.63, 3.8) is 0 Å². The quantitative estimate of drug-likeness (QED) is 0.703. The molecule has 2 rings (SSSR count). The molecule has 0 amide bonds. The predicted octanol–water partition coefficient (Wildman–Crippen LogP) is 2.14. The van der Waals surface area contributed by atoms with E-state index in [1.807, 2.05) is 0 Å². The van der Waals surface area contributed by atoms with Gasteiger partial charge in [0.1, 0.15) is 0 Å². The molecule has 1 fully saturated rings. The third-order valence-corrected chi connectivity index (χ3v) is 2.87. The van der Waals surface area contributed by atoms with Gasteiger partial charge in [0.2, 0.25) is 0 Å². The Morgan fingerprint density at radius 2 is 2.15 bits per heavy atom. The molecule has 2 nitrogen and oxygen atoms in total. The second-order valence-corrected chi connectivity index (χ2v) is 3.83. The monoisotopic (exact) mass is 208 g/mol. The van der Waals surface area contributed by atoms with Gasteiger partial charge in [0.05, 0.1) is 5.92 Å². The average molecular weight is 208 g/mol. The highest BCUT2D eigenvalue weighted by Crippen LogP contribution is 2.36. The second kappa shape index (κ2) is 2.87. The summed E-state index contributed by atoms with van der Waals surface area (Å²) in [6.07, 6.45) is -2.45. The van der Waals surface area contributed by atoms with Crippen LogP contribution in [0.15, 0.2) is 11.6 Å². The van der Waals surface area contributed by atoms with Gasteiger partial charge in [-0.25, -0.2) is 4.98 Å². The van der Waals surface area contributed by atoms with Gasteiger partial charge >= 0.3 is 6.18 Å². The normalized spacial score (nSPS) is 18.8. The molecule has 6 heteroatoms. The van der Waals surface area contributed by atoms with E-state index < -0.39 is 12.1 Å². The number of hydrogen-bond donors (Lipinski definition) is 0. The van der Waals surface area contributed by atoms with Crippen molar-refractivity contribution in [2.24, 2.45) is 5.92 Å². The summed E-state index contributed by atoms with van der Waals surface area (Å²) in [5, 5.41) is 2.44. The topological polar surface area (TPSA) is 16.1 Å².